The number of carboxylic acids is 1. The predicted octanol–water partition coefficient (Wildman–Crippen LogP) is 0.748. The molecule has 0 aromatic heterocycles. The summed E-state index contributed by atoms with van der Waals surface area (Å²) in [4.78, 5) is 23.4. The molecule has 2 N–H and O–H groups in total. The Morgan fingerprint density at radius 1 is 1.32 bits per heavy atom. The molecule has 0 heterocycles. The molecule has 0 radical (unpaired) electrons. The first kappa shape index (κ1) is 20.8. The van der Waals surface area contributed by atoms with Crippen LogP contribution in [-0.4, -0.2) is 55.7 Å². The number of methoxy groups -OCH3 is 1. The highest BCUT2D eigenvalue weighted by Crippen LogP contribution is 2.22. The fraction of sp³-hybridized carbons (Fsp3) is 0.467. The number of carboxylic acid groups (broad SMARTS) is 1. The molecule has 1 rings (SSSR count). The molecule has 1 aromatic carbocycles. The highest BCUT2D eigenvalue weighted by molar-refractivity contribution is 7.89. The molecular weight excluding hydrogens is 355 g/mol. The third kappa shape index (κ3) is 5.40. The maximum atomic E-state index is 13.7. The molecule has 10 heteroatoms. The monoisotopic (exact) mass is 376 g/mol. The minimum absolute atomic E-state index is 0.0422. The maximum absolute atomic E-state index is 13.7. The van der Waals surface area contributed by atoms with Crippen molar-refractivity contribution in [3.05, 3.63) is 29.6 Å². The van der Waals surface area contributed by atoms with Gasteiger partial charge < -0.3 is 15.2 Å². The van der Waals surface area contributed by atoms with Crippen LogP contribution in [0.5, 0.6) is 5.75 Å². The second kappa shape index (κ2) is 8.77. The lowest BCUT2D eigenvalue weighted by molar-refractivity contribution is -0.141. The first-order valence-electron chi connectivity index (χ1n) is 7.49. The van der Waals surface area contributed by atoms with Gasteiger partial charge in [-0.2, -0.15) is 0 Å². The average molecular weight is 376 g/mol. The summed E-state index contributed by atoms with van der Waals surface area (Å²) in [7, 11) is -2.60. The Hall–Kier alpha value is -2.20. The van der Waals surface area contributed by atoms with E-state index < -0.39 is 39.5 Å². The Labute approximate surface area is 145 Å². The van der Waals surface area contributed by atoms with Crippen LogP contribution in [0.15, 0.2) is 18.2 Å². The van der Waals surface area contributed by atoms with Crippen molar-refractivity contribution in [1.82, 2.24) is 9.62 Å². The molecule has 8 nitrogen and oxygen atoms in total. The summed E-state index contributed by atoms with van der Waals surface area (Å²) in [5.74, 6) is -4.20. The van der Waals surface area contributed by atoms with E-state index in [-0.39, 0.29) is 24.4 Å². The van der Waals surface area contributed by atoms with Crippen LogP contribution in [0.3, 0.4) is 0 Å². The number of halogens is 1. The van der Waals surface area contributed by atoms with E-state index in [1.165, 1.54) is 19.2 Å². The van der Waals surface area contributed by atoms with Crippen molar-refractivity contribution in [2.45, 2.75) is 19.9 Å². The van der Waals surface area contributed by atoms with E-state index in [2.05, 4.69) is 5.32 Å². The van der Waals surface area contributed by atoms with Crippen molar-refractivity contribution in [3.63, 3.8) is 0 Å². The van der Waals surface area contributed by atoms with Gasteiger partial charge in [0.2, 0.25) is 15.9 Å². The van der Waals surface area contributed by atoms with Crippen molar-refractivity contribution < 1.29 is 32.2 Å². The number of carbonyl (C=O) groups is 2. The molecule has 25 heavy (non-hydrogen) atoms. The SMILES string of the molecule is CCN(CC)S(=O)(=O)CC(=O)NC(C(=O)O)c1ccc(OC)c(F)c1. The van der Waals surface area contributed by atoms with Gasteiger partial charge in [0.15, 0.2) is 17.6 Å². The van der Waals surface area contributed by atoms with E-state index in [0.29, 0.717) is 0 Å². The average Bonchev–Trinajstić information content (AvgIpc) is 2.52. The Kier molecular flexibility index (Phi) is 7.31. The molecule has 0 saturated heterocycles. The number of ether oxygens (including phenoxy) is 1. The van der Waals surface area contributed by atoms with E-state index in [9.17, 15) is 27.5 Å². The van der Waals surface area contributed by atoms with Crippen LogP contribution < -0.4 is 10.1 Å². The van der Waals surface area contributed by atoms with E-state index in [1.54, 1.807) is 13.8 Å². The van der Waals surface area contributed by atoms with E-state index in [4.69, 9.17) is 4.74 Å². The standard InChI is InChI=1S/C15H21FN2O6S/c1-4-18(5-2)25(22,23)9-13(19)17-14(15(20)21)10-6-7-12(24-3)11(16)8-10/h6-8,14H,4-5,9H2,1-3H3,(H,17,19)(H,20,21). The topological polar surface area (TPSA) is 113 Å². The van der Waals surface area contributed by atoms with Crippen molar-refractivity contribution in [2.75, 3.05) is 26.0 Å². The lowest BCUT2D eigenvalue weighted by Gasteiger charge is -2.20. The number of hydrogen-bond donors (Lipinski definition) is 2. The van der Waals surface area contributed by atoms with Crippen LogP contribution in [0.2, 0.25) is 0 Å². The highest BCUT2D eigenvalue weighted by Gasteiger charge is 2.28. The van der Waals surface area contributed by atoms with Gasteiger partial charge >= 0.3 is 5.97 Å². The van der Waals surface area contributed by atoms with Gasteiger partial charge in [-0.05, 0) is 17.7 Å². The van der Waals surface area contributed by atoms with Crippen LogP contribution in [0.4, 0.5) is 4.39 Å². The number of benzene rings is 1. The molecule has 0 saturated carbocycles. The van der Waals surface area contributed by atoms with Crippen LogP contribution in [0.1, 0.15) is 25.5 Å². The number of nitrogens with zero attached hydrogens (tertiary/aromatic N) is 1. The summed E-state index contributed by atoms with van der Waals surface area (Å²) in [5.41, 5.74) is -0.0422. The molecule has 1 atom stereocenters. The fourth-order valence-corrected chi connectivity index (χ4v) is 3.61. The van der Waals surface area contributed by atoms with Crippen molar-refractivity contribution in [1.29, 1.82) is 0 Å². The largest absolute Gasteiger partial charge is 0.494 e. The molecule has 1 unspecified atom stereocenters. The Balaban J connectivity index is 2.97. The molecular formula is C15H21FN2O6S. The highest BCUT2D eigenvalue weighted by atomic mass is 32.2. The summed E-state index contributed by atoms with van der Waals surface area (Å²) in [6.45, 7) is 3.63. The van der Waals surface area contributed by atoms with E-state index >= 15 is 0 Å². The van der Waals surface area contributed by atoms with Crippen molar-refractivity contribution in [3.8, 4) is 5.75 Å². The normalized spacial score (nSPS) is 12.7. The summed E-state index contributed by atoms with van der Waals surface area (Å²) in [6.07, 6.45) is 0. The molecule has 0 bridgehead atoms. The lowest BCUT2D eigenvalue weighted by Crippen LogP contribution is -2.42. The van der Waals surface area contributed by atoms with Crippen LogP contribution in [0.25, 0.3) is 0 Å². The lowest BCUT2D eigenvalue weighted by atomic mass is 10.1. The van der Waals surface area contributed by atoms with Gasteiger partial charge in [0, 0.05) is 13.1 Å². The number of rotatable bonds is 9. The number of amides is 1. The van der Waals surface area contributed by atoms with Crippen LogP contribution in [-0.2, 0) is 19.6 Å². The summed E-state index contributed by atoms with van der Waals surface area (Å²) in [5, 5.41) is 11.4. The van der Waals surface area contributed by atoms with Crippen molar-refractivity contribution >= 4 is 21.9 Å². The van der Waals surface area contributed by atoms with Gasteiger partial charge in [-0.15, -0.1) is 0 Å². The Morgan fingerprint density at radius 2 is 1.92 bits per heavy atom. The van der Waals surface area contributed by atoms with E-state index in [1.807, 2.05) is 0 Å². The fourth-order valence-electron chi connectivity index (χ4n) is 2.23. The minimum atomic E-state index is -3.86. The summed E-state index contributed by atoms with van der Waals surface area (Å²) >= 11 is 0. The summed E-state index contributed by atoms with van der Waals surface area (Å²) in [6, 6.07) is 1.83. The Bertz CT molecular complexity index is 734. The first-order chi connectivity index (χ1) is 11.7. The van der Waals surface area contributed by atoms with Gasteiger partial charge in [0.05, 0.1) is 7.11 Å². The molecule has 0 aliphatic rings. The zero-order valence-electron chi connectivity index (χ0n) is 14.2. The zero-order valence-corrected chi connectivity index (χ0v) is 15.0. The summed E-state index contributed by atoms with van der Waals surface area (Å²) < 4.78 is 43.7. The van der Waals surface area contributed by atoms with Gasteiger partial charge in [-0.25, -0.2) is 21.9 Å². The van der Waals surface area contributed by atoms with Gasteiger partial charge in [0.1, 0.15) is 5.75 Å². The smallest absolute Gasteiger partial charge is 0.330 e. The third-order valence-electron chi connectivity index (χ3n) is 3.47. The molecule has 0 aliphatic carbocycles. The quantitative estimate of drug-likeness (QED) is 0.657. The minimum Gasteiger partial charge on any atom is -0.494 e. The molecule has 0 fully saturated rings. The van der Waals surface area contributed by atoms with Gasteiger partial charge in [0.25, 0.3) is 0 Å². The van der Waals surface area contributed by atoms with Crippen LogP contribution in [0, 0.1) is 5.82 Å². The molecule has 140 valence electrons. The molecule has 0 aliphatic heterocycles. The van der Waals surface area contributed by atoms with Gasteiger partial charge in [-0.3, -0.25) is 4.79 Å². The number of nitrogens with one attached hydrogen (secondary N) is 1. The predicted molar refractivity (Wildman–Crippen MR) is 88.2 cm³/mol. The molecule has 1 amide bonds. The van der Waals surface area contributed by atoms with E-state index in [0.717, 1.165) is 10.4 Å². The number of carbonyl (C=O) groups excluding carboxylic acids is 1. The number of hydrogen-bond acceptors (Lipinski definition) is 5. The second-order valence-electron chi connectivity index (χ2n) is 5.07. The van der Waals surface area contributed by atoms with Gasteiger partial charge in [-0.1, -0.05) is 19.9 Å². The Morgan fingerprint density at radius 3 is 2.36 bits per heavy atom. The number of aliphatic carboxylic acids is 1. The van der Waals surface area contributed by atoms with Crippen molar-refractivity contribution in [2.24, 2.45) is 0 Å². The number of sulfonamides is 1. The second-order valence-corrected chi connectivity index (χ2v) is 7.04. The zero-order chi connectivity index (χ0) is 19.2. The molecule has 1 aromatic rings. The maximum Gasteiger partial charge on any atom is 0.330 e. The van der Waals surface area contributed by atoms with Crippen LogP contribution >= 0.6 is 0 Å². The first-order valence-corrected chi connectivity index (χ1v) is 9.10. The molecule has 0 spiro atoms. The third-order valence-corrected chi connectivity index (χ3v) is 5.40.